The summed E-state index contributed by atoms with van der Waals surface area (Å²) < 4.78 is 4.95. The molecule has 2 aromatic rings. The molecule has 0 aliphatic rings. The highest BCUT2D eigenvalue weighted by Gasteiger charge is 2.09. The SMILES string of the molecule is Cc1ccc(CNC(=O)COC(=O)c2ccc(N)cc2)cc1. The Hall–Kier alpha value is -2.82. The van der Waals surface area contributed by atoms with Crippen LogP contribution in [0.2, 0.25) is 0 Å². The molecule has 0 fully saturated rings. The fraction of sp³-hybridized carbons (Fsp3) is 0.176. The van der Waals surface area contributed by atoms with Crippen molar-refractivity contribution in [1.82, 2.24) is 5.32 Å². The third-order valence-corrected chi connectivity index (χ3v) is 3.09. The van der Waals surface area contributed by atoms with Crippen molar-refractivity contribution in [2.75, 3.05) is 12.3 Å². The number of carbonyl (C=O) groups is 2. The number of nitrogen functional groups attached to an aromatic ring is 1. The van der Waals surface area contributed by atoms with Crippen molar-refractivity contribution in [1.29, 1.82) is 0 Å². The number of rotatable bonds is 5. The summed E-state index contributed by atoms with van der Waals surface area (Å²) in [6.07, 6.45) is 0. The van der Waals surface area contributed by atoms with Crippen LogP contribution >= 0.6 is 0 Å². The van der Waals surface area contributed by atoms with Gasteiger partial charge in [0.15, 0.2) is 6.61 Å². The number of benzene rings is 2. The summed E-state index contributed by atoms with van der Waals surface area (Å²) in [5.74, 6) is -0.894. The zero-order chi connectivity index (χ0) is 15.9. The van der Waals surface area contributed by atoms with Gasteiger partial charge in [-0.1, -0.05) is 29.8 Å². The molecule has 3 N–H and O–H groups in total. The van der Waals surface area contributed by atoms with E-state index in [4.69, 9.17) is 10.5 Å². The number of carbonyl (C=O) groups excluding carboxylic acids is 2. The maximum atomic E-state index is 11.7. The molecule has 2 aromatic carbocycles. The number of hydrogen-bond acceptors (Lipinski definition) is 4. The van der Waals surface area contributed by atoms with E-state index in [2.05, 4.69) is 5.32 Å². The maximum absolute atomic E-state index is 11.7. The maximum Gasteiger partial charge on any atom is 0.338 e. The molecule has 5 nitrogen and oxygen atoms in total. The minimum Gasteiger partial charge on any atom is -0.452 e. The highest BCUT2D eigenvalue weighted by atomic mass is 16.5. The van der Waals surface area contributed by atoms with E-state index in [9.17, 15) is 9.59 Å². The van der Waals surface area contributed by atoms with Gasteiger partial charge in [0, 0.05) is 12.2 Å². The van der Waals surface area contributed by atoms with Gasteiger partial charge in [-0.3, -0.25) is 4.79 Å². The quantitative estimate of drug-likeness (QED) is 0.654. The Morgan fingerprint density at radius 3 is 2.32 bits per heavy atom. The molecule has 0 heterocycles. The zero-order valence-electron chi connectivity index (χ0n) is 12.3. The number of amides is 1. The second kappa shape index (κ2) is 7.26. The number of aryl methyl sites for hydroxylation is 1. The van der Waals surface area contributed by atoms with Gasteiger partial charge in [-0.15, -0.1) is 0 Å². The Balaban J connectivity index is 1.76. The first-order chi connectivity index (χ1) is 10.5. The molecule has 0 saturated heterocycles. The molecule has 0 radical (unpaired) electrons. The second-order valence-electron chi connectivity index (χ2n) is 4.96. The molecular formula is C17H18N2O3. The normalized spacial score (nSPS) is 10.0. The summed E-state index contributed by atoms with van der Waals surface area (Å²) in [4.78, 5) is 23.4. The van der Waals surface area contributed by atoms with Crippen LogP contribution in [0.4, 0.5) is 5.69 Å². The number of hydrogen-bond donors (Lipinski definition) is 2. The van der Waals surface area contributed by atoms with Crippen LogP contribution in [0.1, 0.15) is 21.5 Å². The van der Waals surface area contributed by atoms with Crippen molar-refractivity contribution in [2.45, 2.75) is 13.5 Å². The highest BCUT2D eigenvalue weighted by Crippen LogP contribution is 2.07. The predicted octanol–water partition coefficient (Wildman–Crippen LogP) is 2.05. The zero-order valence-corrected chi connectivity index (χ0v) is 12.3. The van der Waals surface area contributed by atoms with Gasteiger partial charge in [0.25, 0.3) is 5.91 Å². The lowest BCUT2D eigenvalue weighted by Gasteiger charge is -2.07. The molecule has 0 saturated carbocycles. The van der Waals surface area contributed by atoms with E-state index in [0.29, 0.717) is 17.8 Å². The number of anilines is 1. The van der Waals surface area contributed by atoms with E-state index in [0.717, 1.165) is 11.1 Å². The molecule has 0 aliphatic carbocycles. The van der Waals surface area contributed by atoms with Crippen LogP contribution in [0.15, 0.2) is 48.5 Å². The summed E-state index contributed by atoms with van der Waals surface area (Å²) in [7, 11) is 0. The molecule has 0 aromatic heterocycles. The lowest BCUT2D eigenvalue weighted by atomic mass is 10.1. The van der Waals surface area contributed by atoms with Crippen molar-refractivity contribution in [2.24, 2.45) is 0 Å². The molecule has 2 rings (SSSR count). The average molecular weight is 298 g/mol. The Bertz CT molecular complexity index is 649. The smallest absolute Gasteiger partial charge is 0.338 e. The van der Waals surface area contributed by atoms with Gasteiger partial charge in [0.1, 0.15) is 0 Å². The van der Waals surface area contributed by atoms with Crippen LogP contribution in [-0.2, 0) is 16.1 Å². The molecule has 0 aliphatic heterocycles. The molecule has 0 atom stereocenters. The number of ether oxygens (including phenoxy) is 1. The molecule has 0 unspecified atom stereocenters. The fourth-order valence-corrected chi connectivity index (χ4v) is 1.79. The van der Waals surface area contributed by atoms with Gasteiger partial charge in [-0.2, -0.15) is 0 Å². The monoisotopic (exact) mass is 298 g/mol. The lowest BCUT2D eigenvalue weighted by molar-refractivity contribution is -0.124. The summed E-state index contributed by atoms with van der Waals surface area (Å²) in [5.41, 5.74) is 8.61. The standard InChI is InChI=1S/C17H18N2O3/c1-12-2-4-13(5-3-12)10-19-16(20)11-22-17(21)14-6-8-15(18)9-7-14/h2-9H,10-11,18H2,1H3,(H,19,20). The van der Waals surface area contributed by atoms with Crippen LogP contribution in [-0.4, -0.2) is 18.5 Å². The van der Waals surface area contributed by atoms with Crippen LogP contribution in [0, 0.1) is 6.92 Å². The first-order valence-corrected chi connectivity index (χ1v) is 6.89. The highest BCUT2D eigenvalue weighted by molar-refractivity contribution is 5.91. The van der Waals surface area contributed by atoms with Crippen molar-refractivity contribution in [3.63, 3.8) is 0 Å². The summed E-state index contributed by atoms with van der Waals surface area (Å²) in [6, 6.07) is 14.2. The molecule has 1 amide bonds. The second-order valence-corrected chi connectivity index (χ2v) is 4.96. The van der Waals surface area contributed by atoms with E-state index in [1.807, 2.05) is 31.2 Å². The molecule has 5 heteroatoms. The number of nitrogens with one attached hydrogen (secondary N) is 1. The van der Waals surface area contributed by atoms with E-state index in [-0.39, 0.29) is 12.5 Å². The average Bonchev–Trinajstić information content (AvgIpc) is 2.52. The lowest BCUT2D eigenvalue weighted by Crippen LogP contribution is -2.28. The third-order valence-electron chi connectivity index (χ3n) is 3.09. The van der Waals surface area contributed by atoms with Crippen molar-refractivity contribution < 1.29 is 14.3 Å². The van der Waals surface area contributed by atoms with Crippen LogP contribution in [0.3, 0.4) is 0 Å². The van der Waals surface area contributed by atoms with Gasteiger partial charge in [0.2, 0.25) is 0 Å². The van der Waals surface area contributed by atoms with Crippen molar-refractivity contribution in [3.8, 4) is 0 Å². The topological polar surface area (TPSA) is 81.4 Å². The fourth-order valence-electron chi connectivity index (χ4n) is 1.79. The Morgan fingerprint density at radius 1 is 1.05 bits per heavy atom. The van der Waals surface area contributed by atoms with Crippen LogP contribution in [0.5, 0.6) is 0 Å². The summed E-state index contributed by atoms with van der Waals surface area (Å²) >= 11 is 0. The molecular weight excluding hydrogens is 280 g/mol. The molecule has 114 valence electrons. The molecule has 0 spiro atoms. The predicted molar refractivity (Wildman–Crippen MR) is 84.2 cm³/mol. The van der Waals surface area contributed by atoms with E-state index >= 15 is 0 Å². The van der Waals surface area contributed by atoms with Crippen LogP contribution in [0.25, 0.3) is 0 Å². The van der Waals surface area contributed by atoms with Crippen molar-refractivity contribution >= 4 is 17.6 Å². The molecule has 0 bridgehead atoms. The van der Waals surface area contributed by atoms with Gasteiger partial charge in [-0.05, 0) is 36.8 Å². The van der Waals surface area contributed by atoms with E-state index < -0.39 is 5.97 Å². The van der Waals surface area contributed by atoms with Gasteiger partial charge in [-0.25, -0.2) is 4.79 Å². The summed E-state index contributed by atoms with van der Waals surface area (Å²) in [6.45, 7) is 2.09. The minimum atomic E-state index is -0.550. The van der Waals surface area contributed by atoms with Gasteiger partial charge in [0.05, 0.1) is 5.56 Å². The number of esters is 1. The summed E-state index contributed by atoms with van der Waals surface area (Å²) in [5, 5.41) is 2.70. The number of nitrogens with two attached hydrogens (primary N) is 1. The third kappa shape index (κ3) is 4.63. The van der Waals surface area contributed by atoms with Crippen molar-refractivity contribution in [3.05, 3.63) is 65.2 Å². The Labute approximate surface area is 129 Å². The largest absolute Gasteiger partial charge is 0.452 e. The van der Waals surface area contributed by atoms with Gasteiger partial charge >= 0.3 is 5.97 Å². The van der Waals surface area contributed by atoms with E-state index in [1.165, 1.54) is 0 Å². The first-order valence-electron chi connectivity index (χ1n) is 6.89. The van der Waals surface area contributed by atoms with E-state index in [1.54, 1.807) is 24.3 Å². The Morgan fingerprint density at radius 2 is 1.68 bits per heavy atom. The van der Waals surface area contributed by atoms with Gasteiger partial charge < -0.3 is 15.8 Å². The molecule has 22 heavy (non-hydrogen) atoms. The first kappa shape index (κ1) is 15.6. The Kier molecular flexibility index (Phi) is 5.14. The minimum absolute atomic E-state index is 0.310. The van der Waals surface area contributed by atoms with Crippen LogP contribution < -0.4 is 11.1 Å².